The van der Waals surface area contributed by atoms with Crippen LogP contribution in [0.4, 0.5) is 0 Å². The van der Waals surface area contributed by atoms with Crippen molar-refractivity contribution >= 4 is 23.5 Å². The summed E-state index contributed by atoms with van der Waals surface area (Å²) in [4.78, 5) is 17.7. The van der Waals surface area contributed by atoms with Crippen molar-refractivity contribution in [1.82, 2.24) is 15.1 Å². The number of hydrogen-bond acceptors (Lipinski definition) is 3. The number of hydrogen-bond donors (Lipinski definition) is 2. The first-order valence-electron chi connectivity index (χ1n) is 12.2. The van der Waals surface area contributed by atoms with Gasteiger partial charge in [-0.25, -0.2) is 0 Å². The van der Waals surface area contributed by atoms with Crippen molar-refractivity contribution < 1.29 is 4.79 Å². The predicted octanol–water partition coefficient (Wildman–Crippen LogP) is 5.15. The number of rotatable bonds is 7. The van der Waals surface area contributed by atoms with Crippen LogP contribution in [-0.4, -0.2) is 47.8 Å². The Morgan fingerprint density at radius 2 is 1.77 bits per heavy atom. The molecule has 0 aliphatic carbocycles. The van der Waals surface area contributed by atoms with Gasteiger partial charge < -0.3 is 10.2 Å². The third-order valence-corrected chi connectivity index (χ3v) is 7.51. The summed E-state index contributed by atoms with van der Waals surface area (Å²) in [5, 5.41) is 12.4. The Hall–Kier alpha value is -3.15. The average molecular weight is 487 g/mol. The summed E-state index contributed by atoms with van der Waals surface area (Å²) in [6.07, 6.45) is 2.08. The average Bonchev–Trinajstić information content (AvgIpc) is 3.41. The van der Waals surface area contributed by atoms with Crippen LogP contribution in [0.3, 0.4) is 0 Å². The van der Waals surface area contributed by atoms with Gasteiger partial charge in [-0.15, -0.1) is 0 Å². The molecule has 0 radical (unpaired) electrons. The number of benzene rings is 3. The van der Waals surface area contributed by atoms with Crippen molar-refractivity contribution in [3.63, 3.8) is 0 Å². The lowest BCUT2D eigenvalue weighted by Crippen LogP contribution is -2.41. The standard InChI is InChI=1S/C29H31ClN4O/c1-29(25-11-5-9-23(17-25)24-10-6-12-26(30)18-24)27(35)34(28(31)32-29)20-22-14-16-33(19-22)15-13-21-7-3-2-4-8-21/h2-12,17-18,22H,13-16,19-20H2,1H3,(H2,31,32). The van der Waals surface area contributed by atoms with E-state index in [1.54, 1.807) is 4.90 Å². The van der Waals surface area contributed by atoms with Crippen LogP contribution >= 0.6 is 11.6 Å². The minimum atomic E-state index is -0.961. The number of carbonyl (C=O) groups excluding carboxylic acids is 1. The van der Waals surface area contributed by atoms with E-state index in [9.17, 15) is 4.79 Å². The Balaban J connectivity index is 1.25. The first-order chi connectivity index (χ1) is 16.9. The molecule has 2 atom stereocenters. The molecule has 0 spiro atoms. The third-order valence-electron chi connectivity index (χ3n) is 7.28. The molecule has 180 valence electrons. The lowest BCUT2D eigenvalue weighted by Gasteiger charge is -2.24. The van der Waals surface area contributed by atoms with Crippen LogP contribution < -0.4 is 5.32 Å². The van der Waals surface area contributed by atoms with Crippen LogP contribution in [0, 0.1) is 11.3 Å². The molecule has 35 heavy (non-hydrogen) atoms. The summed E-state index contributed by atoms with van der Waals surface area (Å²) >= 11 is 6.19. The smallest absolute Gasteiger partial charge is 0.259 e. The second-order valence-corrected chi connectivity index (χ2v) is 10.2. The quantitative estimate of drug-likeness (QED) is 0.485. The summed E-state index contributed by atoms with van der Waals surface area (Å²) in [5.74, 6) is 0.499. The van der Waals surface area contributed by atoms with Gasteiger partial charge in [0.15, 0.2) is 5.96 Å². The van der Waals surface area contributed by atoms with E-state index >= 15 is 0 Å². The Morgan fingerprint density at radius 1 is 1.03 bits per heavy atom. The maximum absolute atomic E-state index is 13.6. The molecule has 0 saturated carbocycles. The van der Waals surface area contributed by atoms with Crippen LogP contribution in [-0.2, 0) is 16.8 Å². The van der Waals surface area contributed by atoms with Crippen LogP contribution in [0.2, 0.25) is 5.02 Å². The second-order valence-electron chi connectivity index (χ2n) is 9.80. The molecule has 1 amide bonds. The Kier molecular flexibility index (Phi) is 6.63. The zero-order valence-electron chi connectivity index (χ0n) is 20.0. The summed E-state index contributed by atoms with van der Waals surface area (Å²) in [6.45, 7) is 5.49. The van der Waals surface area contributed by atoms with Crippen LogP contribution in [0.15, 0.2) is 78.9 Å². The molecular weight excluding hydrogens is 456 g/mol. The fourth-order valence-electron chi connectivity index (χ4n) is 5.23. The summed E-state index contributed by atoms with van der Waals surface area (Å²) in [7, 11) is 0. The van der Waals surface area contributed by atoms with Gasteiger partial charge in [-0.2, -0.15) is 0 Å². The predicted molar refractivity (Wildman–Crippen MR) is 142 cm³/mol. The second kappa shape index (κ2) is 9.84. The summed E-state index contributed by atoms with van der Waals surface area (Å²) in [6, 6.07) is 26.2. The molecule has 2 N–H and O–H groups in total. The fourth-order valence-corrected chi connectivity index (χ4v) is 5.42. The van der Waals surface area contributed by atoms with Gasteiger partial charge in [0.2, 0.25) is 0 Å². The number of nitrogens with one attached hydrogen (secondary N) is 2. The highest BCUT2D eigenvalue weighted by atomic mass is 35.5. The first-order valence-corrected chi connectivity index (χ1v) is 12.6. The summed E-state index contributed by atoms with van der Waals surface area (Å²) in [5.41, 5.74) is 3.24. The molecule has 2 heterocycles. The van der Waals surface area contributed by atoms with E-state index < -0.39 is 5.54 Å². The molecule has 2 aliphatic rings. The van der Waals surface area contributed by atoms with Crippen molar-refractivity contribution in [3.05, 3.63) is 95.0 Å². The minimum Gasteiger partial charge on any atom is -0.338 e. The van der Waals surface area contributed by atoms with Crippen molar-refractivity contribution in [3.8, 4) is 11.1 Å². The largest absolute Gasteiger partial charge is 0.338 e. The van der Waals surface area contributed by atoms with E-state index in [0.717, 1.165) is 49.2 Å². The molecule has 0 aromatic heterocycles. The maximum Gasteiger partial charge on any atom is 0.259 e. The van der Waals surface area contributed by atoms with Crippen molar-refractivity contribution in [2.45, 2.75) is 25.3 Å². The minimum absolute atomic E-state index is 0.0616. The Labute approximate surface area is 212 Å². The summed E-state index contributed by atoms with van der Waals surface area (Å²) < 4.78 is 0. The van der Waals surface area contributed by atoms with E-state index in [1.165, 1.54) is 5.56 Å². The molecule has 5 rings (SSSR count). The zero-order valence-corrected chi connectivity index (χ0v) is 20.8. The molecule has 2 unspecified atom stereocenters. The molecule has 2 saturated heterocycles. The van der Waals surface area contributed by atoms with E-state index in [-0.39, 0.29) is 11.9 Å². The van der Waals surface area contributed by atoms with Gasteiger partial charge in [0, 0.05) is 24.7 Å². The third kappa shape index (κ3) is 4.97. The van der Waals surface area contributed by atoms with Crippen LogP contribution in [0.1, 0.15) is 24.5 Å². The Morgan fingerprint density at radius 3 is 2.54 bits per heavy atom. The van der Waals surface area contributed by atoms with Crippen LogP contribution in [0.5, 0.6) is 0 Å². The number of carbonyl (C=O) groups is 1. The van der Waals surface area contributed by atoms with Crippen molar-refractivity contribution in [1.29, 1.82) is 5.41 Å². The normalized spacial score (nSPS) is 22.6. The topological polar surface area (TPSA) is 59.4 Å². The number of amides is 1. The molecule has 2 aliphatic heterocycles. The van der Waals surface area contributed by atoms with E-state index in [4.69, 9.17) is 17.0 Å². The molecular formula is C29H31ClN4O. The van der Waals surface area contributed by atoms with E-state index in [1.807, 2.05) is 61.5 Å². The van der Waals surface area contributed by atoms with Crippen molar-refractivity contribution in [2.24, 2.45) is 5.92 Å². The van der Waals surface area contributed by atoms with E-state index in [0.29, 0.717) is 17.5 Å². The number of likely N-dealkylation sites (tertiary alicyclic amines) is 1. The van der Waals surface area contributed by atoms with Gasteiger partial charge in [0.1, 0.15) is 5.54 Å². The SMILES string of the molecule is CC1(c2cccc(-c3cccc(Cl)c3)c2)NC(=N)N(CC2CCN(CCc3ccccc3)C2)C1=O. The first kappa shape index (κ1) is 23.6. The van der Waals surface area contributed by atoms with Gasteiger partial charge >= 0.3 is 0 Å². The van der Waals surface area contributed by atoms with Crippen molar-refractivity contribution in [2.75, 3.05) is 26.2 Å². The number of nitrogens with zero attached hydrogens (tertiary/aromatic N) is 2. The highest BCUT2D eigenvalue weighted by Crippen LogP contribution is 2.33. The molecule has 5 nitrogen and oxygen atoms in total. The highest BCUT2D eigenvalue weighted by molar-refractivity contribution is 6.30. The van der Waals surface area contributed by atoms with Gasteiger partial charge in [0.05, 0.1) is 0 Å². The highest BCUT2D eigenvalue weighted by Gasteiger charge is 2.48. The molecule has 2 fully saturated rings. The van der Waals surface area contributed by atoms with E-state index in [2.05, 4.69) is 34.5 Å². The zero-order chi connectivity index (χ0) is 24.4. The molecule has 3 aromatic rings. The van der Waals surface area contributed by atoms with Crippen LogP contribution in [0.25, 0.3) is 11.1 Å². The van der Waals surface area contributed by atoms with Gasteiger partial charge in [-0.1, -0.05) is 72.3 Å². The number of guanidine groups is 1. The lowest BCUT2D eigenvalue weighted by molar-refractivity contribution is -0.131. The molecule has 6 heteroatoms. The van der Waals surface area contributed by atoms with Gasteiger partial charge in [0.25, 0.3) is 5.91 Å². The fraction of sp³-hybridized carbons (Fsp3) is 0.310. The molecule has 3 aromatic carbocycles. The molecule has 0 bridgehead atoms. The van der Waals surface area contributed by atoms with Gasteiger partial charge in [-0.05, 0) is 72.7 Å². The monoisotopic (exact) mass is 486 g/mol. The lowest BCUT2D eigenvalue weighted by atomic mass is 9.89. The number of halogens is 1. The maximum atomic E-state index is 13.6. The van der Waals surface area contributed by atoms with Gasteiger partial charge in [-0.3, -0.25) is 15.1 Å². The Bertz CT molecular complexity index is 1230.